The Kier molecular flexibility index (Phi) is 9.15. The quantitative estimate of drug-likeness (QED) is 0.546. The minimum Gasteiger partial charge on any atom is -0.228 e. The second kappa shape index (κ2) is 9.17. The zero-order valence-electron chi connectivity index (χ0n) is 15.5. The van der Waals surface area contributed by atoms with Crippen LogP contribution in [0.5, 0.6) is 0 Å². The SMILES string of the molecule is CCCC(C(C)C)C(C)S(=O)(=O)C(C)C(CCC)C(C)C. The number of hydrogen-bond acceptors (Lipinski definition) is 2. The summed E-state index contributed by atoms with van der Waals surface area (Å²) in [4.78, 5) is 0. The summed E-state index contributed by atoms with van der Waals surface area (Å²) in [7, 11) is -3.07. The Labute approximate surface area is 134 Å². The van der Waals surface area contributed by atoms with E-state index in [0.717, 1.165) is 25.7 Å². The van der Waals surface area contributed by atoms with Gasteiger partial charge in [-0.05, 0) is 50.4 Å². The van der Waals surface area contributed by atoms with Crippen LogP contribution in [-0.4, -0.2) is 18.9 Å². The van der Waals surface area contributed by atoms with Crippen LogP contribution in [0.15, 0.2) is 0 Å². The maximum absolute atomic E-state index is 13.1. The fourth-order valence-corrected chi connectivity index (χ4v) is 6.27. The maximum Gasteiger partial charge on any atom is 0.156 e. The van der Waals surface area contributed by atoms with Gasteiger partial charge in [0, 0.05) is 0 Å². The first kappa shape index (κ1) is 20.9. The van der Waals surface area contributed by atoms with Crippen LogP contribution in [0.4, 0.5) is 0 Å². The first-order valence-corrected chi connectivity index (χ1v) is 10.4. The molecule has 21 heavy (non-hydrogen) atoms. The van der Waals surface area contributed by atoms with Crippen LogP contribution < -0.4 is 0 Å². The molecule has 0 aromatic heterocycles. The second-order valence-electron chi connectivity index (χ2n) is 7.39. The molecule has 0 aromatic rings. The van der Waals surface area contributed by atoms with Crippen LogP contribution in [0.3, 0.4) is 0 Å². The average molecular weight is 319 g/mol. The number of hydrogen-bond donors (Lipinski definition) is 0. The fraction of sp³-hybridized carbons (Fsp3) is 1.00. The van der Waals surface area contributed by atoms with Gasteiger partial charge in [0.1, 0.15) is 0 Å². The third-order valence-electron chi connectivity index (χ3n) is 5.20. The van der Waals surface area contributed by atoms with E-state index in [-0.39, 0.29) is 22.3 Å². The molecule has 0 saturated carbocycles. The van der Waals surface area contributed by atoms with Crippen molar-refractivity contribution in [2.45, 2.75) is 91.6 Å². The lowest BCUT2D eigenvalue weighted by molar-refractivity contribution is 0.323. The molecule has 0 aromatic carbocycles. The molecule has 0 spiro atoms. The Morgan fingerprint density at radius 3 is 1.14 bits per heavy atom. The zero-order chi connectivity index (χ0) is 16.8. The highest BCUT2D eigenvalue weighted by Gasteiger charge is 2.38. The van der Waals surface area contributed by atoms with Crippen molar-refractivity contribution in [1.82, 2.24) is 0 Å². The van der Waals surface area contributed by atoms with Crippen molar-refractivity contribution in [3.05, 3.63) is 0 Å². The first-order valence-electron chi connectivity index (χ1n) is 8.83. The topological polar surface area (TPSA) is 34.1 Å². The molecule has 0 heterocycles. The molecule has 2 nitrogen and oxygen atoms in total. The van der Waals surface area contributed by atoms with Gasteiger partial charge in [-0.25, -0.2) is 8.42 Å². The molecule has 0 bridgehead atoms. The summed E-state index contributed by atoms with van der Waals surface area (Å²) >= 11 is 0. The van der Waals surface area contributed by atoms with Crippen molar-refractivity contribution in [1.29, 1.82) is 0 Å². The molecule has 0 aliphatic carbocycles. The summed E-state index contributed by atoms with van der Waals surface area (Å²) < 4.78 is 26.1. The lowest BCUT2D eigenvalue weighted by Crippen LogP contribution is -2.40. The predicted octanol–water partition coefficient (Wildman–Crippen LogP) is 5.32. The molecule has 3 heteroatoms. The van der Waals surface area contributed by atoms with Crippen molar-refractivity contribution in [3.8, 4) is 0 Å². The maximum atomic E-state index is 13.1. The van der Waals surface area contributed by atoms with E-state index >= 15 is 0 Å². The van der Waals surface area contributed by atoms with Crippen molar-refractivity contribution in [3.63, 3.8) is 0 Å². The van der Waals surface area contributed by atoms with E-state index in [0.29, 0.717) is 11.8 Å². The van der Waals surface area contributed by atoms with Crippen LogP contribution in [0.2, 0.25) is 0 Å². The van der Waals surface area contributed by atoms with E-state index < -0.39 is 9.84 Å². The Balaban J connectivity index is 5.32. The Bertz CT molecular complexity index is 341. The molecule has 0 aliphatic heterocycles. The monoisotopic (exact) mass is 318 g/mol. The van der Waals surface area contributed by atoms with Crippen molar-refractivity contribution in [2.75, 3.05) is 0 Å². The van der Waals surface area contributed by atoms with Crippen molar-refractivity contribution < 1.29 is 8.42 Å². The minimum absolute atomic E-state index is 0.231. The lowest BCUT2D eigenvalue weighted by Gasteiger charge is -2.33. The highest BCUT2D eigenvalue weighted by molar-refractivity contribution is 7.92. The Hall–Kier alpha value is -0.0500. The van der Waals surface area contributed by atoms with Crippen molar-refractivity contribution in [2.24, 2.45) is 23.7 Å². The molecule has 0 fully saturated rings. The van der Waals surface area contributed by atoms with Gasteiger partial charge in [0.15, 0.2) is 9.84 Å². The first-order chi connectivity index (χ1) is 9.61. The van der Waals surface area contributed by atoms with E-state index in [4.69, 9.17) is 0 Å². The Morgan fingerprint density at radius 2 is 0.952 bits per heavy atom. The summed E-state index contributed by atoms with van der Waals surface area (Å²) in [6.07, 6.45) is 4.12. The molecule has 128 valence electrons. The summed E-state index contributed by atoms with van der Waals surface area (Å²) in [6, 6.07) is 0. The van der Waals surface area contributed by atoms with Crippen LogP contribution in [0.1, 0.15) is 81.1 Å². The van der Waals surface area contributed by atoms with E-state index in [9.17, 15) is 8.42 Å². The van der Waals surface area contributed by atoms with E-state index in [1.807, 2.05) is 13.8 Å². The van der Waals surface area contributed by atoms with Gasteiger partial charge in [-0.15, -0.1) is 0 Å². The minimum atomic E-state index is -3.07. The lowest BCUT2D eigenvalue weighted by atomic mass is 9.88. The van der Waals surface area contributed by atoms with Crippen molar-refractivity contribution >= 4 is 9.84 Å². The van der Waals surface area contributed by atoms with Gasteiger partial charge < -0.3 is 0 Å². The molecule has 0 N–H and O–H groups in total. The number of rotatable bonds is 10. The summed E-state index contributed by atoms with van der Waals surface area (Å²) in [5, 5.41) is -0.462. The average Bonchev–Trinajstić information content (AvgIpc) is 2.39. The molecular formula is C18H38O2S. The van der Waals surface area contributed by atoms with Crippen LogP contribution in [0, 0.1) is 23.7 Å². The second-order valence-corrected chi connectivity index (χ2v) is 10.1. The van der Waals surface area contributed by atoms with Crippen LogP contribution in [-0.2, 0) is 9.84 Å². The van der Waals surface area contributed by atoms with Gasteiger partial charge in [-0.1, -0.05) is 54.4 Å². The third kappa shape index (κ3) is 5.58. The normalized spacial score (nSPS) is 18.8. The molecule has 0 saturated heterocycles. The molecule has 4 atom stereocenters. The van der Waals surface area contributed by atoms with Gasteiger partial charge in [-0.2, -0.15) is 0 Å². The fourth-order valence-electron chi connectivity index (χ4n) is 3.71. The smallest absolute Gasteiger partial charge is 0.156 e. The van der Waals surface area contributed by atoms with E-state index in [2.05, 4.69) is 41.5 Å². The van der Waals surface area contributed by atoms with Gasteiger partial charge in [0.25, 0.3) is 0 Å². The van der Waals surface area contributed by atoms with Gasteiger partial charge in [0.05, 0.1) is 10.5 Å². The third-order valence-corrected chi connectivity index (χ3v) is 7.97. The molecule has 0 rings (SSSR count). The van der Waals surface area contributed by atoms with E-state index in [1.54, 1.807) is 0 Å². The number of sulfone groups is 1. The molecule has 4 unspecified atom stereocenters. The summed E-state index contributed by atoms with van der Waals surface area (Å²) in [5.41, 5.74) is 0. The highest BCUT2D eigenvalue weighted by Crippen LogP contribution is 2.33. The van der Waals surface area contributed by atoms with Crippen LogP contribution >= 0.6 is 0 Å². The molecule has 0 radical (unpaired) electrons. The molecule has 0 aliphatic rings. The zero-order valence-corrected chi connectivity index (χ0v) is 16.3. The van der Waals surface area contributed by atoms with E-state index in [1.165, 1.54) is 0 Å². The van der Waals surface area contributed by atoms with Gasteiger partial charge in [-0.3, -0.25) is 0 Å². The Morgan fingerprint density at radius 1 is 0.667 bits per heavy atom. The summed E-state index contributed by atoms with van der Waals surface area (Å²) in [6.45, 7) is 16.8. The molecule has 0 amide bonds. The standard InChI is InChI=1S/C18H38O2S/c1-9-11-17(13(3)4)15(7)21(19,20)16(8)18(12-10-2)14(5)6/h13-18H,9-12H2,1-8H3. The predicted molar refractivity (Wildman–Crippen MR) is 94.3 cm³/mol. The molecular weight excluding hydrogens is 280 g/mol. The largest absolute Gasteiger partial charge is 0.228 e. The summed E-state index contributed by atoms with van der Waals surface area (Å²) in [5.74, 6) is 1.39. The highest BCUT2D eigenvalue weighted by atomic mass is 32.2. The van der Waals surface area contributed by atoms with Gasteiger partial charge >= 0.3 is 0 Å². The van der Waals surface area contributed by atoms with Crippen LogP contribution in [0.25, 0.3) is 0 Å². The van der Waals surface area contributed by atoms with Gasteiger partial charge in [0.2, 0.25) is 0 Å².